The highest BCUT2D eigenvalue weighted by Gasteiger charge is 2.09. The van der Waals surface area contributed by atoms with Gasteiger partial charge in [0.2, 0.25) is 11.8 Å². The molecule has 0 aliphatic carbocycles. The molecule has 2 aromatic carbocycles. The van der Waals surface area contributed by atoms with Crippen LogP contribution in [-0.2, 0) is 11.4 Å². The number of pyridine rings is 1. The topological polar surface area (TPSA) is 80.3 Å². The van der Waals surface area contributed by atoms with Gasteiger partial charge in [-0.3, -0.25) is 9.59 Å². The van der Waals surface area contributed by atoms with Crippen LogP contribution in [0.25, 0.3) is 0 Å². The summed E-state index contributed by atoms with van der Waals surface area (Å²) in [7, 11) is 0. The molecule has 1 aromatic heterocycles. The predicted molar refractivity (Wildman–Crippen MR) is 112 cm³/mol. The lowest BCUT2D eigenvalue weighted by atomic mass is 10.1. The molecule has 2 amide bonds. The maximum Gasteiger partial charge on any atom is 0.251 e. The molecule has 0 fully saturated rings. The Morgan fingerprint density at radius 1 is 0.966 bits per heavy atom. The number of hydrogen-bond acceptors (Lipinski definition) is 4. The Balaban J connectivity index is 1.41. The fourth-order valence-corrected chi connectivity index (χ4v) is 2.71. The highest BCUT2D eigenvalue weighted by atomic mass is 16.5. The van der Waals surface area contributed by atoms with Crippen LogP contribution >= 0.6 is 0 Å². The summed E-state index contributed by atoms with van der Waals surface area (Å²) >= 11 is 0. The summed E-state index contributed by atoms with van der Waals surface area (Å²) in [4.78, 5) is 28.4. The molecule has 1 heterocycles. The van der Waals surface area contributed by atoms with Gasteiger partial charge in [0.1, 0.15) is 6.61 Å². The second kappa shape index (κ2) is 10.0. The predicted octanol–water partition coefficient (Wildman–Crippen LogP) is 3.73. The fraction of sp³-hybridized carbons (Fsp3) is 0.174. The fourth-order valence-electron chi connectivity index (χ4n) is 2.71. The van der Waals surface area contributed by atoms with Crippen LogP contribution in [0, 0.1) is 6.92 Å². The summed E-state index contributed by atoms with van der Waals surface area (Å²) in [6.45, 7) is 2.56. The lowest BCUT2D eigenvalue weighted by Gasteiger charge is -2.09. The van der Waals surface area contributed by atoms with E-state index in [9.17, 15) is 9.59 Å². The van der Waals surface area contributed by atoms with E-state index in [2.05, 4.69) is 15.6 Å². The van der Waals surface area contributed by atoms with Gasteiger partial charge in [-0.15, -0.1) is 0 Å². The van der Waals surface area contributed by atoms with E-state index >= 15 is 0 Å². The number of ether oxygens (including phenoxy) is 1. The number of rotatable bonds is 8. The molecule has 6 nitrogen and oxygen atoms in total. The standard InChI is InChI=1S/C23H23N3O3/c1-17-7-5-6-10-20(17)23(28)24-14-13-21(27)26-19-11-12-22(25-15-19)29-16-18-8-3-2-4-9-18/h2-12,15H,13-14,16H2,1H3,(H,24,28)(H,26,27). The molecule has 3 aromatic rings. The van der Waals surface area contributed by atoms with E-state index in [0.29, 0.717) is 23.7 Å². The SMILES string of the molecule is Cc1ccccc1C(=O)NCCC(=O)Nc1ccc(OCc2ccccc2)nc1. The Kier molecular flexibility index (Phi) is 6.95. The Morgan fingerprint density at radius 3 is 2.45 bits per heavy atom. The molecule has 0 atom stereocenters. The summed E-state index contributed by atoms with van der Waals surface area (Å²) in [6, 6.07) is 20.6. The van der Waals surface area contributed by atoms with Gasteiger partial charge < -0.3 is 15.4 Å². The van der Waals surface area contributed by atoms with E-state index in [1.807, 2.05) is 55.5 Å². The van der Waals surface area contributed by atoms with Gasteiger partial charge >= 0.3 is 0 Å². The Labute approximate surface area is 169 Å². The number of aryl methyl sites for hydroxylation is 1. The maximum atomic E-state index is 12.1. The molecule has 0 aliphatic heterocycles. The smallest absolute Gasteiger partial charge is 0.251 e. The molecule has 0 unspecified atom stereocenters. The average molecular weight is 389 g/mol. The van der Waals surface area contributed by atoms with Gasteiger partial charge in [-0.05, 0) is 30.2 Å². The van der Waals surface area contributed by atoms with Gasteiger partial charge in [-0.25, -0.2) is 4.98 Å². The van der Waals surface area contributed by atoms with Crippen molar-refractivity contribution in [1.29, 1.82) is 0 Å². The third-order valence-corrected chi connectivity index (χ3v) is 4.28. The van der Waals surface area contributed by atoms with Crippen LogP contribution in [0.2, 0.25) is 0 Å². The largest absolute Gasteiger partial charge is 0.473 e. The first kappa shape index (κ1) is 20.1. The van der Waals surface area contributed by atoms with Crippen LogP contribution in [-0.4, -0.2) is 23.3 Å². The van der Waals surface area contributed by atoms with E-state index in [0.717, 1.165) is 11.1 Å². The van der Waals surface area contributed by atoms with Crippen LogP contribution in [0.1, 0.15) is 27.9 Å². The molecule has 0 spiro atoms. The quantitative estimate of drug-likeness (QED) is 0.615. The molecule has 0 bridgehead atoms. The summed E-state index contributed by atoms with van der Waals surface area (Å²) in [5.41, 5.74) is 3.14. The molecule has 6 heteroatoms. The van der Waals surface area contributed by atoms with Crippen molar-refractivity contribution < 1.29 is 14.3 Å². The first-order chi connectivity index (χ1) is 14.1. The van der Waals surface area contributed by atoms with Gasteiger partial charge in [0.15, 0.2) is 0 Å². The molecular weight excluding hydrogens is 366 g/mol. The van der Waals surface area contributed by atoms with Crippen molar-refractivity contribution in [2.45, 2.75) is 20.0 Å². The van der Waals surface area contributed by atoms with E-state index in [-0.39, 0.29) is 24.8 Å². The van der Waals surface area contributed by atoms with E-state index < -0.39 is 0 Å². The molecule has 0 saturated heterocycles. The minimum Gasteiger partial charge on any atom is -0.473 e. The number of anilines is 1. The van der Waals surface area contributed by atoms with Gasteiger partial charge in [-0.2, -0.15) is 0 Å². The average Bonchev–Trinajstić information content (AvgIpc) is 2.74. The second-order valence-corrected chi connectivity index (χ2v) is 6.53. The van der Waals surface area contributed by atoms with Crippen LogP contribution < -0.4 is 15.4 Å². The zero-order valence-electron chi connectivity index (χ0n) is 16.2. The summed E-state index contributed by atoms with van der Waals surface area (Å²) in [6.07, 6.45) is 1.72. The van der Waals surface area contributed by atoms with Crippen molar-refractivity contribution in [2.24, 2.45) is 0 Å². The van der Waals surface area contributed by atoms with Crippen molar-refractivity contribution in [3.63, 3.8) is 0 Å². The molecule has 0 aliphatic rings. The third-order valence-electron chi connectivity index (χ3n) is 4.28. The summed E-state index contributed by atoms with van der Waals surface area (Å²) < 4.78 is 5.62. The number of carbonyl (C=O) groups is 2. The highest BCUT2D eigenvalue weighted by Crippen LogP contribution is 2.13. The zero-order valence-corrected chi connectivity index (χ0v) is 16.2. The number of aromatic nitrogens is 1. The van der Waals surface area contributed by atoms with Gasteiger partial charge in [0.25, 0.3) is 5.91 Å². The maximum absolute atomic E-state index is 12.1. The molecule has 0 radical (unpaired) electrons. The highest BCUT2D eigenvalue weighted by molar-refractivity contribution is 5.96. The minimum absolute atomic E-state index is 0.171. The molecule has 3 rings (SSSR count). The first-order valence-electron chi connectivity index (χ1n) is 9.38. The molecule has 0 saturated carbocycles. The number of benzene rings is 2. The van der Waals surface area contributed by atoms with E-state index in [1.54, 1.807) is 24.4 Å². The first-order valence-corrected chi connectivity index (χ1v) is 9.38. The zero-order chi connectivity index (χ0) is 20.5. The van der Waals surface area contributed by atoms with E-state index in [1.165, 1.54) is 0 Å². The Hall–Kier alpha value is -3.67. The molecule has 148 valence electrons. The molecular formula is C23H23N3O3. The Bertz CT molecular complexity index is 957. The number of hydrogen-bond donors (Lipinski definition) is 2. The number of amides is 2. The number of nitrogens with zero attached hydrogens (tertiary/aromatic N) is 1. The summed E-state index contributed by atoms with van der Waals surface area (Å²) in [5, 5.41) is 5.52. The number of nitrogens with one attached hydrogen (secondary N) is 2. The van der Waals surface area contributed by atoms with Crippen molar-refractivity contribution >= 4 is 17.5 Å². The molecule has 29 heavy (non-hydrogen) atoms. The normalized spacial score (nSPS) is 10.2. The summed E-state index contributed by atoms with van der Waals surface area (Å²) in [5.74, 6) is 0.102. The van der Waals surface area contributed by atoms with Crippen molar-refractivity contribution in [3.8, 4) is 5.88 Å². The van der Waals surface area contributed by atoms with Gasteiger partial charge in [0.05, 0.1) is 11.9 Å². The van der Waals surface area contributed by atoms with E-state index in [4.69, 9.17) is 4.74 Å². The Morgan fingerprint density at radius 2 is 1.72 bits per heavy atom. The van der Waals surface area contributed by atoms with Crippen molar-refractivity contribution in [3.05, 3.63) is 89.6 Å². The minimum atomic E-state index is -0.199. The number of carbonyl (C=O) groups excluding carboxylic acids is 2. The van der Waals surface area contributed by atoms with Crippen LogP contribution in [0.4, 0.5) is 5.69 Å². The van der Waals surface area contributed by atoms with Gasteiger partial charge in [-0.1, -0.05) is 48.5 Å². The monoisotopic (exact) mass is 389 g/mol. The third kappa shape index (κ3) is 6.17. The van der Waals surface area contributed by atoms with Crippen LogP contribution in [0.15, 0.2) is 72.9 Å². The van der Waals surface area contributed by atoms with Crippen LogP contribution in [0.3, 0.4) is 0 Å². The van der Waals surface area contributed by atoms with Gasteiger partial charge in [0, 0.05) is 24.6 Å². The van der Waals surface area contributed by atoms with Crippen molar-refractivity contribution in [2.75, 3.05) is 11.9 Å². The lowest BCUT2D eigenvalue weighted by Crippen LogP contribution is -2.28. The lowest BCUT2D eigenvalue weighted by molar-refractivity contribution is -0.116. The molecule has 2 N–H and O–H groups in total. The van der Waals surface area contributed by atoms with Crippen LogP contribution in [0.5, 0.6) is 5.88 Å². The second-order valence-electron chi connectivity index (χ2n) is 6.53. The van der Waals surface area contributed by atoms with Crippen molar-refractivity contribution in [1.82, 2.24) is 10.3 Å².